The molecule has 288 valence electrons. The summed E-state index contributed by atoms with van der Waals surface area (Å²) in [7, 11) is -2.35. The van der Waals surface area contributed by atoms with Crippen molar-refractivity contribution in [3.8, 4) is 16.9 Å². The van der Waals surface area contributed by atoms with E-state index in [0.717, 1.165) is 52.7 Å². The molecule has 0 bridgehead atoms. The van der Waals surface area contributed by atoms with Crippen molar-refractivity contribution in [3.05, 3.63) is 59.8 Å². The molecule has 1 saturated heterocycles. The molecule has 4 N–H and O–H groups in total. The van der Waals surface area contributed by atoms with E-state index >= 15 is 0 Å². The molecule has 2 aliphatic heterocycles. The predicted octanol–water partition coefficient (Wildman–Crippen LogP) is 6.82. The Morgan fingerprint density at radius 1 is 1.02 bits per heavy atom. The Hall–Kier alpha value is -3.81. The molecule has 12 heteroatoms. The molecule has 0 aliphatic carbocycles. The van der Waals surface area contributed by atoms with Crippen molar-refractivity contribution in [1.82, 2.24) is 15.4 Å². The summed E-state index contributed by atoms with van der Waals surface area (Å²) >= 11 is 0. The average Bonchev–Trinajstić information content (AvgIpc) is 3.50. The molecule has 3 aromatic rings. The van der Waals surface area contributed by atoms with Gasteiger partial charge in [0.15, 0.2) is 0 Å². The van der Waals surface area contributed by atoms with Crippen LogP contribution >= 0.6 is 0 Å². The van der Waals surface area contributed by atoms with Gasteiger partial charge in [-0.3, -0.25) is 10.2 Å². The summed E-state index contributed by atoms with van der Waals surface area (Å²) in [5.74, 6) is -0.919. The van der Waals surface area contributed by atoms with Crippen LogP contribution in [-0.2, 0) is 41.6 Å². The Morgan fingerprint density at radius 3 is 2.42 bits per heavy atom. The van der Waals surface area contributed by atoms with Crippen LogP contribution in [-0.4, -0.2) is 69.2 Å². The van der Waals surface area contributed by atoms with Gasteiger partial charge in [-0.15, -0.1) is 0 Å². The molecule has 0 radical (unpaired) electrons. The summed E-state index contributed by atoms with van der Waals surface area (Å²) < 4.78 is 25.5. The van der Waals surface area contributed by atoms with E-state index in [0.29, 0.717) is 55.8 Å². The van der Waals surface area contributed by atoms with Gasteiger partial charge in [0.05, 0.1) is 19.8 Å². The third-order valence-electron chi connectivity index (χ3n) is 10.7. The van der Waals surface area contributed by atoms with Crippen LogP contribution in [0, 0.1) is 0 Å². The van der Waals surface area contributed by atoms with Crippen molar-refractivity contribution in [2.75, 3.05) is 26.4 Å². The lowest BCUT2D eigenvalue weighted by atomic mass is 9.96. The van der Waals surface area contributed by atoms with E-state index in [2.05, 4.69) is 99.6 Å². The zero-order chi connectivity index (χ0) is 38.3. The molecule has 0 amide bonds. The number of fused-ring (bicyclic) bond motifs is 1. The Kier molecular flexibility index (Phi) is 13.7. The molecule has 0 saturated carbocycles. The second-order valence-electron chi connectivity index (χ2n) is 15.3. The van der Waals surface area contributed by atoms with E-state index in [1.807, 2.05) is 6.07 Å². The Labute approximate surface area is 315 Å². The number of hydrogen-bond donors (Lipinski definition) is 3. The normalized spacial score (nSPS) is 17.3. The van der Waals surface area contributed by atoms with Crippen molar-refractivity contribution in [3.63, 3.8) is 0 Å². The minimum Gasteiger partial charge on any atom is -0.543 e. The number of ether oxygens (including phenoxy) is 3. The maximum absolute atomic E-state index is 13.1. The summed E-state index contributed by atoms with van der Waals surface area (Å²) in [6.45, 7) is 18.0. The zero-order valence-corrected chi connectivity index (χ0v) is 33.5. The number of aromatic nitrogens is 1. The van der Waals surface area contributed by atoms with Crippen molar-refractivity contribution in [2.45, 2.75) is 116 Å². The van der Waals surface area contributed by atoms with E-state index < -0.39 is 32.3 Å². The minimum atomic E-state index is -2.35. The standard InChI is InChI=1S/C41H58N4O7Si/c1-26(2)53(27(3)4,28(5)6)52-34-21-30(22-37(42)40(47)51-41(48)38-10-8-15-43-44-38)20-33(23-34)32-11-12-35-36(31-13-18-49-19-14-31)25-45(39(35)24-32)16-9-17-50-29(7)46/h11-13,20-21,23-28,37-38,43-44H,8-10,14-19,22,42H2,1-7H3/t37-,38?/m0/s1. The highest BCUT2D eigenvalue weighted by molar-refractivity contribution is 6.78. The molecule has 53 heavy (non-hydrogen) atoms. The number of rotatable bonds is 15. The van der Waals surface area contributed by atoms with E-state index in [-0.39, 0.29) is 12.4 Å². The van der Waals surface area contributed by atoms with Crippen molar-refractivity contribution in [2.24, 2.45) is 5.73 Å². The number of esters is 3. The number of hydrogen-bond acceptors (Lipinski definition) is 10. The molecule has 1 aromatic heterocycles. The molecule has 1 fully saturated rings. The van der Waals surface area contributed by atoms with Gasteiger partial charge in [0.1, 0.15) is 17.8 Å². The van der Waals surface area contributed by atoms with E-state index in [4.69, 9.17) is 24.4 Å². The lowest BCUT2D eigenvalue weighted by Gasteiger charge is -2.42. The smallest absolute Gasteiger partial charge is 0.332 e. The Bertz CT molecular complexity index is 1770. The lowest BCUT2D eigenvalue weighted by Crippen LogP contribution is -2.51. The molecule has 1 unspecified atom stereocenters. The lowest BCUT2D eigenvalue weighted by molar-refractivity contribution is -0.162. The number of nitrogens with two attached hydrogens (primary N) is 1. The van der Waals surface area contributed by atoms with E-state index in [9.17, 15) is 14.4 Å². The quantitative estimate of drug-likeness (QED) is 0.0657. The fourth-order valence-electron chi connectivity index (χ4n) is 8.12. The summed E-state index contributed by atoms with van der Waals surface area (Å²) in [6.07, 6.45) is 7.42. The third kappa shape index (κ3) is 9.65. The molecule has 2 aliphatic rings. The highest BCUT2D eigenvalue weighted by atomic mass is 28.4. The fourth-order valence-corrected chi connectivity index (χ4v) is 13.4. The SMILES string of the molecule is CC(=O)OCCCn1cc(C2=CCOCC2)c2ccc(-c3cc(C[C@H](N)C(=O)OC(=O)C4CCCNN4)cc(O[Si](C(C)C)(C(C)C)C(C)C)c3)cc21. The van der Waals surface area contributed by atoms with Gasteiger partial charge in [-0.05, 0) is 89.2 Å². The molecule has 2 aromatic carbocycles. The van der Waals surface area contributed by atoms with Gasteiger partial charge in [0.2, 0.25) is 0 Å². The van der Waals surface area contributed by atoms with Crippen LogP contribution in [0.3, 0.4) is 0 Å². The molecule has 3 heterocycles. The average molecular weight is 747 g/mol. The third-order valence-corrected chi connectivity index (χ3v) is 16.7. The van der Waals surface area contributed by atoms with Crippen LogP contribution in [0.5, 0.6) is 5.75 Å². The van der Waals surface area contributed by atoms with Crippen LogP contribution < -0.4 is 21.0 Å². The molecule has 0 spiro atoms. The van der Waals surface area contributed by atoms with Gasteiger partial charge in [-0.25, -0.2) is 15.0 Å². The maximum Gasteiger partial charge on any atom is 0.332 e. The van der Waals surface area contributed by atoms with Crippen LogP contribution in [0.1, 0.15) is 85.3 Å². The van der Waals surface area contributed by atoms with Gasteiger partial charge in [-0.2, -0.15) is 0 Å². The first-order valence-electron chi connectivity index (χ1n) is 19.2. The monoisotopic (exact) mass is 746 g/mol. The van der Waals surface area contributed by atoms with E-state index in [1.54, 1.807) is 0 Å². The zero-order valence-electron chi connectivity index (χ0n) is 32.5. The first-order valence-corrected chi connectivity index (χ1v) is 21.3. The number of hydrazine groups is 1. The summed E-state index contributed by atoms with van der Waals surface area (Å²) in [4.78, 5) is 37.3. The fraction of sp³-hybridized carbons (Fsp3) is 0.537. The number of nitrogens with one attached hydrogen (secondary N) is 2. The molecular weight excluding hydrogens is 689 g/mol. The van der Waals surface area contributed by atoms with Crippen LogP contribution in [0.4, 0.5) is 0 Å². The number of aryl methyl sites for hydroxylation is 1. The largest absolute Gasteiger partial charge is 0.543 e. The van der Waals surface area contributed by atoms with Crippen molar-refractivity contribution in [1.29, 1.82) is 0 Å². The van der Waals surface area contributed by atoms with Gasteiger partial charge in [0, 0.05) is 42.7 Å². The van der Waals surface area contributed by atoms with Crippen molar-refractivity contribution < 1.29 is 33.0 Å². The topological polar surface area (TPSA) is 143 Å². The Balaban J connectivity index is 1.53. The first kappa shape index (κ1) is 40.4. The predicted molar refractivity (Wildman–Crippen MR) is 211 cm³/mol. The summed E-state index contributed by atoms with van der Waals surface area (Å²) in [6, 6.07) is 11.0. The molecule has 2 atom stereocenters. The summed E-state index contributed by atoms with van der Waals surface area (Å²) in [5, 5.41) is 1.14. The second-order valence-corrected chi connectivity index (χ2v) is 20.7. The molecular formula is C41H58N4O7Si. The van der Waals surface area contributed by atoms with Crippen LogP contribution in [0.2, 0.25) is 16.6 Å². The highest BCUT2D eigenvalue weighted by Gasteiger charge is 2.47. The van der Waals surface area contributed by atoms with Gasteiger partial charge >= 0.3 is 17.9 Å². The van der Waals surface area contributed by atoms with Crippen LogP contribution in [0.25, 0.3) is 27.6 Å². The first-order chi connectivity index (χ1) is 25.3. The van der Waals surface area contributed by atoms with E-state index in [1.165, 1.54) is 18.1 Å². The van der Waals surface area contributed by atoms with Gasteiger partial charge in [-0.1, -0.05) is 65.8 Å². The Morgan fingerprint density at radius 2 is 1.77 bits per heavy atom. The number of carbonyl (C=O) groups is 3. The van der Waals surface area contributed by atoms with Crippen molar-refractivity contribution >= 4 is 42.7 Å². The number of benzene rings is 2. The molecule has 11 nitrogen and oxygen atoms in total. The van der Waals surface area contributed by atoms with Crippen LogP contribution in [0.15, 0.2) is 48.7 Å². The van der Waals surface area contributed by atoms with Gasteiger partial charge < -0.3 is 28.9 Å². The molecule has 5 rings (SSSR count). The second kappa shape index (κ2) is 18.0. The minimum absolute atomic E-state index is 0.168. The van der Waals surface area contributed by atoms with Gasteiger partial charge in [0.25, 0.3) is 8.32 Å². The number of nitrogens with zero attached hydrogens (tertiary/aromatic N) is 1. The summed E-state index contributed by atoms with van der Waals surface area (Å²) in [5.41, 5.74) is 19.6. The highest BCUT2D eigenvalue weighted by Crippen LogP contribution is 2.44. The number of carbonyl (C=O) groups excluding carboxylic acids is 3. The maximum atomic E-state index is 13.1.